The number of nitrogens with zero attached hydrogens (tertiary/aromatic N) is 1. The second-order valence-corrected chi connectivity index (χ2v) is 6.50. The summed E-state index contributed by atoms with van der Waals surface area (Å²) in [7, 11) is 3.33. The standard InChI is InChI=1S/C20H22F2N2O2/c1-23-11-13-7-8-24(12-13)20(25)17-5-3-14(9-18(17)21)16-6-4-15(26-2)10-19(16)22/h3-6,9-10,13,23H,7-8,11-12H2,1-2H3. The maximum Gasteiger partial charge on any atom is 0.256 e. The van der Waals surface area contributed by atoms with Gasteiger partial charge >= 0.3 is 0 Å². The lowest BCUT2D eigenvalue weighted by molar-refractivity contribution is 0.0782. The van der Waals surface area contributed by atoms with Crippen molar-refractivity contribution in [2.24, 2.45) is 5.92 Å². The maximum absolute atomic E-state index is 14.6. The molecule has 1 fully saturated rings. The minimum Gasteiger partial charge on any atom is -0.497 e. The smallest absolute Gasteiger partial charge is 0.256 e. The number of hydrogen-bond acceptors (Lipinski definition) is 3. The van der Waals surface area contributed by atoms with Gasteiger partial charge in [-0.3, -0.25) is 4.79 Å². The molecule has 2 aromatic carbocycles. The van der Waals surface area contributed by atoms with Crippen LogP contribution in [-0.4, -0.2) is 44.6 Å². The normalized spacial score (nSPS) is 16.8. The highest BCUT2D eigenvalue weighted by molar-refractivity contribution is 5.95. The Kier molecular flexibility index (Phi) is 5.52. The van der Waals surface area contributed by atoms with Crippen molar-refractivity contribution in [1.29, 1.82) is 0 Å². The van der Waals surface area contributed by atoms with Crippen molar-refractivity contribution in [3.05, 3.63) is 53.6 Å². The van der Waals surface area contributed by atoms with E-state index >= 15 is 0 Å². The molecule has 1 aliphatic heterocycles. The predicted octanol–water partition coefficient (Wildman–Crippen LogP) is 3.32. The molecule has 1 N–H and O–H groups in total. The predicted molar refractivity (Wildman–Crippen MR) is 96.3 cm³/mol. The number of amides is 1. The SMILES string of the molecule is CNCC1CCN(C(=O)c2ccc(-c3ccc(OC)cc3F)cc2F)C1. The number of carbonyl (C=O) groups excluding carboxylic acids is 1. The summed E-state index contributed by atoms with van der Waals surface area (Å²) in [6.07, 6.45) is 0.906. The Morgan fingerprint density at radius 1 is 1.23 bits per heavy atom. The third-order valence-electron chi connectivity index (χ3n) is 4.75. The molecule has 0 bridgehead atoms. The lowest BCUT2D eigenvalue weighted by Gasteiger charge is -2.17. The number of nitrogens with one attached hydrogen (secondary N) is 1. The number of likely N-dealkylation sites (tertiary alicyclic amines) is 1. The van der Waals surface area contributed by atoms with E-state index in [1.807, 2.05) is 7.05 Å². The van der Waals surface area contributed by atoms with E-state index in [1.165, 1.54) is 31.4 Å². The first kappa shape index (κ1) is 18.3. The van der Waals surface area contributed by atoms with Crippen LogP contribution in [0.4, 0.5) is 8.78 Å². The maximum atomic E-state index is 14.6. The van der Waals surface area contributed by atoms with Gasteiger partial charge in [0.15, 0.2) is 0 Å². The van der Waals surface area contributed by atoms with Gasteiger partial charge in [0.1, 0.15) is 17.4 Å². The fourth-order valence-corrected chi connectivity index (χ4v) is 3.36. The van der Waals surface area contributed by atoms with E-state index in [0.29, 0.717) is 30.3 Å². The number of benzene rings is 2. The molecule has 6 heteroatoms. The molecule has 0 radical (unpaired) electrons. The van der Waals surface area contributed by atoms with Crippen molar-refractivity contribution in [2.75, 3.05) is 33.8 Å². The lowest BCUT2D eigenvalue weighted by Crippen LogP contribution is -2.30. The summed E-state index contributed by atoms with van der Waals surface area (Å²) >= 11 is 0. The van der Waals surface area contributed by atoms with Crippen molar-refractivity contribution in [2.45, 2.75) is 6.42 Å². The van der Waals surface area contributed by atoms with E-state index in [4.69, 9.17) is 4.74 Å². The van der Waals surface area contributed by atoms with Crippen LogP contribution in [0, 0.1) is 17.6 Å². The third-order valence-corrected chi connectivity index (χ3v) is 4.75. The Morgan fingerprint density at radius 3 is 2.69 bits per heavy atom. The molecule has 1 saturated heterocycles. The van der Waals surface area contributed by atoms with Crippen LogP contribution in [0.3, 0.4) is 0 Å². The van der Waals surface area contributed by atoms with Crippen LogP contribution < -0.4 is 10.1 Å². The van der Waals surface area contributed by atoms with Gasteiger partial charge in [-0.25, -0.2) is 8.78 Å². The van der Waals surface area contributed by atoms with Gasteiger partial charge in [-0.05, 0) is 55.8 Å². The van der Waals surface area contributed by atoms with E-state index in [2.05, 4.69) is 5.32 Å². The van der Waals surface area contributed by atoms with Gasteiger partial charge in [0.2, 0.25) is 0 Å². The van der Waals surface area contributed by atoms with Gasteiger partial charge in [-0.15, -0.1) is 0 Å². The van der Waals surface area contributed by atoms with Crippen LogP contribution in [0.15, 0.2) is 36.4 Å². The molecular formula is C20H22F2N2O2. The van der Waals surface area contributed by atoms with Crippen LogP contribution >= 0.6 is 0 Å². The quantitative estimate of drug-likeness (QED) is 0.889. The van der Waals surface area contributed by atoms with Crippen LogP contribution in [-0.2, 0) is 0 Å². The zero-order valence-corrected chi connectivity index (χ0v) is 14.9. The van der Waals surface area contributed by atoms with E-state index in [-0.39, 0.29) is 17.0 Å². The molecule has 2 aromatic rings. The fraction of sp³-hybridized carbons (Fsp3) is 0.350. The topological polar surface area (TPSA) is 41.6 Å². The summed E-state index contributed by atoms with van der Waals surface area (Å²) in [4.78, 5) is 14.3. The minimum atomic E-state index is -0.639. The zero-order chi connectivity index (χ0) is 18.7. The van der Waals surface area contributed by atoms with Crippen LogP contribution in [0.1, 0.15) is 16.8 Å². The first-order valence-electron chi connectivity index (χ1n) is 8.60. The number of hydrogen-bond donors (Lipinski definition) is 1. The van der Waals surface area contributed by atoms with Gasteiger partial charge in [0, 0.05) is 24.7 Å². The Labute approximate surface area is 151 Å². The number of ether oxygens (including phenoxy) is 1. The number of carbonyl (C=O) groups is 1. The Hall–Kier alpha value is -2.47. The molecule has 1 amide bonds. The van der Waals surface area contributed by atoms with Crippen LogP contribution in [0.25, 0.3) is 11.1 Å². The highest BCUT2D eigenvalue weighted by atomic mass is 19.1. The largest absolute Gasteiger partial charge is 0.497 e. The average Bonchev–Trinajstić information content (AvgIpc) is 3.10. The highest BCUT2D eigenvalue weighted by Gasteiger charge is 2.28. The molecule has 138 valence electrons. The number of rotatable bonds is 5. The summed E-state index contributed by atoms with van der Waals surface area (Å²) in [6, 6.07) is 8.61. The Morgan fingerprint density at radius 2 is 2.04 bits per heavy atom. The highest BCUT2D eigenvalue weighted by Crippen LogP contribution is 2.28. The van der Waals surface area contributed by atoms with Gasteiger partial charge in [-0.2, -0.15) is 0 Å². The van der Waals surface area contributed by atoms with Gasteiger partial charge < -0.3 is 15.0 Å². The number of halogens is 2. The second kappa shape index (κ2) is 7.83. The van der Waals surface area contributed by atoms with Crippen LogP contribution in [0.5, 0.6) is 5.75 Å². The van der Waals surface area contributed by atoms with E-state index in [0.717, 1.165) is 13.0 Å². The molecule has 3 rings (SSSR count). The summed E-state index contributed by atoms with van der Waals surface area (Å²) in [5, 5.41) is 3.10. The van der Waals surface area contributed by atoms with Gasteiger partial charge in [-0.1, -0.05) is 6.07 Å². The summed E-state index contributed by atoms with van der Waals surface area (Å²) in [5.41, 5.74) is 0.667. The van der Waals surface area contributed by atoms with Crippen molar-refractivity contribution in [1.82, 2.24) is 10.2 Å². The molecular weight excluding hydrogens is 338 g/mol. The van der Waals surface area contributed by atoms with Gasteiger partial charge in [0.05, 0.1) is 12.7 Å². The van der Waals surface area contributed by atoms with Crippen molar-refractivity contribution in [3.63, 3.8) is 0 Å². The third kappa shape index (κ3) is 3.70. The molecule has 1 heterocycles. The first-order valence-corrected chi connectivity index (χ1v) is 8.60. The van der Waals surface area contributed by atoms with E-state index in [1.54, 1.807) is 17.0 Å². The van der Waals surface area contributed by atoms with Crippen molar-refractivity contribution >= 4 is 5.91 Å². The van der Waals surface area contributed by atoms with E-state index in [9.17, 15) is 13.6 Å². The number of methoxy groups -OCH3 is 1. The summed E-state index contributed by atoms with van der Waals surface area (Å²) in [6.45, 7) is 2.08. The lowest BCUT2D eigenvalue weighted by atomic mass is 10.0. The molecule has 0 aromatic heterocycles. The average molecular weight is 360 g/mol. The first-order chi connectivity index (χ1) is 12.5. The molecule has 0 spiro atoms. The summed E-state index contributed by atoms with van der Waals surface area (Å²) < 4.78 is 33.7. The Balaban J connectivity index is 1.81. The van der Waals surface area contributed by atoms with Crippen LogP contribution in [0.2, 0.25) is 0 Å². The molecule has 0 saturated carbocycles. The second-order valence-electron chi connectivity index (χ2n) is 6.50. The summed E-state index contributed by atoms with van der Waals surface area (Å²) in [5.74, 6) is -0.678. The molecule has 1 aliphatic rings. The molecule has 0 aliphatic carbocycles. The molecule has 4 nitrogen and oxygen atoms in total. The minimum absolute atomic E-state index is 0.0211. The molecule has 1 unspecified atom stereocenters. The van der Waals surface area contributed by atoms with Gasteiger partial charge in [0.25, 0.3) is 5.91 Å². The van der Waals surface area contributed by atoms with Crippen molar-refractivity contribution < 1.29 is 18.3 Å². The fourth-order valence-electron chi connectivity index (χ4n) is 3.36. The molecule has 26 heavy (non-hydrogen) atoms. The molecule has 1 atom stereocenters. The zero-order valence-electron chi connectivity index (χ0n) is 14.9. The van der Waals surface area contributed by atoms with Crippen molar-refractivity contribution in [3.8, 4) is 16.9 Å². The van der Waals surface area contributed by atoms with E-state index < -0.39 is 11.6 Å². The Bertz CT molecular complexity index is 810. The monoisotopic (exact) mass is 360 g/mol.